The summed E-state index contributed by atoms with van der Waals surface area (Å²) < 4.78 is 0. The van der Waals surface area contributed by atoms with Crippen LogP contribution in [0.2, 0.25) is 0 Å². The molecular formula is C18H17N3O3S. The number of benzene rings is 1. The number of aromatic hydroxyl groups is 2. The molecule has 1 aliphatic heterocycles. The Morgan fingerprint density at radius 3 is 2.96 bits per heavy atom. The van der Waals surface area contributed by atoms with Gasteiger partial charge in [-0.05, 0) is 36.1 Å². The van der Waals surface area contributed by atoms with Crippen molar-refractivity contribution in [1.29, 1.82) is 0 Å². The van der Waals surface area contributed by atoms with Crippen LogP contribution in [0.15, 0.2) is 40.5 Å². The van der Waals surface area contributed by atoms with Crippen molar-refractivity contribution in [3.05, 3.63) is 62.9 Å². The molecule has 2 aromatic heterocycles. The predicted octanol–water partition coefficient (Wildman–Crippen LogP) is 2.47. The highest BCUT2D eigenvalue weighted by Gasteiger charge is 2.22. The van der Waals surface area contributed by atoms with E-state index in [9.17, 15) is 15.0 Å². The van der Waals surface area contributed by atoms with Crippen LogP contribution in [-0.4, -0.2) is 31.6 Å². The summed E-state index contributed by atoms with van der Waals surface area (Å²) in [6.07, 6.45) is 0.613. The molecule has 6 nitrogen and oxygen atoms in total. The summed E-state index contributed by atoms with van der Waals surface area (Å²) in [6, 6.07) is 8.36. The molecular weight excluding hydrogens is 338 g/mol. The third-order valence-electron chi connectivity index (χ3n) is 4.36. The minimum atomic E-state index is -0.0757. The molecule has 0 atom stereocenters. The first-order valence-corrected chi connectivity index (χ1v) is 8.87. The molecule has 0 saturated heterocycles. The van der Waals surface area contributed by atoms with Crippen LogP contribution in [0.5, 0.6) is 11.5 Å². The fraction of sp³-hybridized carbons (Fsp3) is 0.222. The van der Waals surface area contributed by atoms with Gasteiger partial charge in [0.15, 0.2) is 5.82 Å². The van der Waals surface area contributed by atoms with E-state index in [4.69, 9.17) is 0 Å². The Bertz CT molecular complexity index is 966. The lowest BCUT2D eigenvalue weighted by Gasteiger charge is -2.27. The maximum absolute atomic E-state index is 12.4. The SMILES string of the molecule is O=c1[nH]c(-c2cccs2)nc2c1CCN(Cc1cc(O)ccc1O)C2. The standard InChI is InChI=1S/C18H17N3O3S/c22-12-3-4-15(23)11(8-12)9-21-6-5-13-14(10-21)19-17(20-18(13)24)16-2-1-7-25-16/h1-4,7-8,22-23H,5-6,9-10H2,(H,19,20,24). The highest BCUT2D eigenvalue weighted by atomic mass is 32.1. The molecule has 0 saturated carbocycles. The number of phenolic OH excluding ortho intramolecular Hbond substituents is 2. The third-order valence-corrected chi connectivity index (χ3v) is 5.24. The van der Waals surface area contributed by atoms with Gasteiger partial charge in [-0.25, -0.2) is 4.98 Å². The van der Waals surface area contributed by atoms with Crippen molar-refractivity contribution in [3.8, 4) is 22.2 Å². The number of aromatic amines is 1. The number of phenols is 2. The van der Waals surface area contributed by atoms with E-state index in [0.717, 1.165) is 16.1 Å². The van der Waals surface area contributed by atoms with Gasteiger partial charge in [-0.15, -0.1) is 11.3 Å². The number of nitrogens with one attached hydrogen (secondary N) is 1. The van der Waals surface area contributed by atoms with E-state index in [0.29, 0.717) is 37.4 Å². The van der Waals surface area contributed by atoms with Crippen LogP contribution in [0.25, 0.3) is 10.7 Å². The number of aromatic nitrogens is 2. The average molecular weight is 355 g/mol. The van der Waals surface area contributed by atoms with Crippen LogP contribution in [0.1, 0.15) is 16.8 Å². The van der Waals surface area contributed by atoms with Crippen LogP contribution in [0.4, 0.5) is 0 Å². The van der Waals surface area contributed by atoms with Gasteiger partial charge in [-0.3, -0.25) is 9.69 Å². The minimum Gasteiger partial charge on any atom is -0.508 e. The van der Waals surface area contributed by atoms with E-state index in [1.165, 1.54) is 23.5 Å². The number of nitrogens with zero attached hydrogens (tertiary/aromatic N) is 2. The first-order chi connectivity index (χ1) is 12.1. The van der Waals surface area contributed by atoms with E-state index < -0.39 is 0 Å². The second-order valence-electron chi connectivity index (χ2n) is 6.09. The van der Waals surface area contributed by atoms with Crippen molar-refractivity contribution in [2.75, 3.05) is 6.54 Å². The number of rotatable bonds is 3. The summed E-state index contributed by atoms with van der Waals surface area (Å²) in [5.41, 5.74) is 2.09. The molecule has 1 aromatic carbocycles. The molecule has 25 heavy (non-hydrogen) atoms. The summed E-state index contributed by atoms with van der Waals surface area (Å²) in [7, 11) is 0. The Morgan fingerprint density at radius 2 is 2.16 bits per heavy atom. The normalized spacial score (nSPS) is 14.4. The molecule has 1 aliphatic rings. The summed E-state index contributed by atoms with van der Waals surface area (Å²) in [4.78, 5) is 22.9. The van der Waals surface area contributed by atoms with Gasteiger partial charge in [0, 0.05) is 30.8 Å². The van der Waals surface area contributed by atoms with Crippen molar-refractivity contribution >= 4 is 11.3 Å². The van der Waals surface area contributed by atoms with Crippen molar-refractivity contribution in [1.82, 2.24) is 14.9 Å². The number of fused-ring (bicyclic) bond motifs is 1. The highest BCUT2D eigenvalue weighted by Crippen LogP contribution is 2.26. The van der Waals surface area contributed by atoms with Gasteiger partial charge < -0.3 is 15.2 Å². The maximum Gasteiger partial charge on any atom is 0.254 e. The number of hydrogen-bond donors (Lipinski definition) is 3. The van der Waals surface area contributed by atoms with Crippen molar-refractivity contribution < 1.29 is 10.2 Å². The zero-order valence-electron chi connectivity index (χ0n) is 13.4. The molecule has 3 heterocycles. The van der Waals surface area contributed by atoms with E-state index in [1.807, 2.05) is 17.5 Å². The summed E-state index contributed by atoms with van der Waals surface area (Å²) >= 11 is 1.54. The van der Waals surface area contributed by atoms with Gasteiger partial charge in [0.25, 0.3) is 5.56 Å². The van der Waals surface area contributed by atoms with Gasteiger partial charge in [-0.2, -0.15) is 0 Å². The lowest BCUT2D eigenvalue weighted by atomic mass is 10.1. The van der Waals surface area contributed by atoms with Crippen LogP contribution in [0.3, 0.4) is 0 Å². The van der Waals surface area contributed by atoms with Crippen molar-refractivity contribution in [3.63, 3.8) is 0 Å². The fourth-order valence-electron chi connectivity index (χ4n) is 3.10. The van der Waals surface area contributed by atoms with Gasteiger partial charge in [0.1, 0.15) is 11.5 Å². The molecule has 0 bridgehead atoms. The monoisotopic (exact) mass is 355 g/mol. The smallest absolute Gasteiger partial charge is 0.254 e. The van der Waals surface area contributed by atoms with Gasteiger partial charge >= 0.3 is 0 Å². The zero-order valence-corrected chi connectivity index (χ0v) is 14.2. The number of thiophene rings is 1. The fourth-order valence-corrected chi connectivity index (χ4v) is 3.77. The zero-order chi connectivity index (χ0) is 17.4. The molecule has 0 amide bonds. The summed E-state index contributed by atoms with van der Waals surface area (Å²) in [6.45, 7) is 1.72. The number of H-pyrrole nitrogens is 1. The van der Waals surface area contributed by atoms with Crippen LogP contribution < -0.4 is 5.56 Å². The first kappa shape index (κ1) is 15.9. The van der Waals surface area contributed by atoms with Gasteiger partial charge in [0.2, 0.25) is 0 Å². The molecule has 0 spiro atoms. The van der Waals surface area contributed by atoms with E-state index >= 15 is 0 Å². The highest BCUT2D eigenvalue weighted by molar-refractivity contribution is 7.13. The quantitative estimate of drug-likeness (QED) is 0.628. The maximum atomic E-state index is 12.4. The Balaban J connectivity index is 1.62. The molecule has 0 unspecified atom stereocenters. The Morgan fingerprint density at radius 1 is 1.28 bits per heavy atom. The molecule has 3 N–H and O–H groups in total. The van der Waals surface area contributed by atoms with Gasteiger partial charge in [0.05, 0.1) is 10.6 Å². The molecule has 7 heteroatoms. The lowest BCUT2D eigenvalue weighted by Crippen LogP contribution is -2.35. The Hall–Kier alpha value is -2.64. The van der Waals surface area contributed by atoms with Crippen LogP contribution >= 0.6 is 11.3 Å². The molecule has 0 radical (unpaired) electrons. The third kappa shape index (κ3) is 3.16. The minimum absolute atomic E-state index is 0.0757. The molecule has 0 aliphatic carbocycles. The molecule has 0 fully saturated rings. The van der Waals surface area contributed by atoms with Crippen LogP contribution in [-0.2, 0) is 19.5 Å². The first-order valence-electron chi connectivity index (χ1n) is 7.99. The predicted molar refractivity (Wildman–Crippen MR) is 95.8 cm³/mol. The summed E-state index contributed by atoms with van der Waals surface area (Å²) in [5.74, 6) is 0.877. The van der Waals surface area contributed by atoms with Crippen LogP contribution in [0, 0.1) is 0 Å². The second kappa shape index (κ2) is 6.34. The lowest BCUT2D eigenvalue weighted by molar-refractivity contribution is 0.237. The van der Waals surface area contributed by atoms with Crippen molar-refractivity contribution in [2.24, 2.45) is 0 Å². The second-order valence-corrected chi connectivity index (χ2v) is 7.04. The van der Waals surface area contributed by atoms with Crippen molar-refractivity contribution in [2.45, 2.75) is 19.5 Å². The van der Waals surface area contributed by atoms with E-state index in [-0.39, 0.29) is 17.1 Å². The Kier molecular flexibility index (Phi) is 4.03. The average Bonchev–Trinajstić information content (AvgIpc) is 3.12. The molecule has 3 aromatic rings. The molecule has 4 rings (SSSR count). The number of hydrogen-bond acceptors (Lipinski definition) is 6. The summed E-state index contributed by atoms with van der Waals surface area (Å²) in [5, 5.41) is 21.5. The Labute approximate surface area is 148 Å². The van der Waals surface area contributed by atoms with E-state index in [2.05, 4.69) is 14.9 Å². The molecule has 128 valence electrons. The largest absolute Gasteiger partial charge is 0.508 e. The van der Waals surface area contributed by atoms with E-state index in [1.54, 1.807) is 6.07 Å². The topological polar surface area (TPSA) is 89.5 Å². The van der Waals surface area contributed by atoms with Gasteiger partial charge in [-0.1, -0.05) is 6.07 Å².